The Hall–Kier alpha value is -2.95. The van der Waals surface area contributed by atoms with Crippen molar-refractivity contribution in [1.82, 2.24) is 20.4 Å². The molecule has 0 bridgehead atoms. The van der Waals surface area contributed by atoms with Crippen LogP contribution in [0.3, 0.4) is 0 Å². The van der Waals surface area contributed by atoms with Crippen LogP contribution in [-0.4, -0.2) is 51.5 Å². The van der Waals surface area contributed by atoms with Gasteiger partial charge in [-0.2, -0.15) is 0 Å². The van der Waals surface area contributed by atoms with Crippen molar-refractivity contribution in [2.75, 3.05) is 12.8 Å². The molecule has 3 heterocycles. The number of nitrogens with one attached hydrogen (secondary N) is 1. The van der Waals surface area contributed by atoms with Gasteiger partial charge in [-0.05, 0) is 19.1 Å². The van der Waals surface area contributed by atoms with Crippen LogP contribution in [0, 0.1) is 5.92 Å². The number of furan rings is 1. The number of hydrogen-bond donors (Lipinski definition) is 1. The molecule has 3 rings (SSSR count). The number of aliphatic imine (C=N–C) groups is 1. The van der Waals surface area contributed by atoms with Crippen LogP contribution in [0.15, 0.2) is 37.4 Å². The van der Waals surface area contributed by atoms with E-state index in [4.69, 9.17) is 8.83 Å². The summed E-state index contributed by atoms with van der Waals surface area (Å²) in [6.45, 7) is 1.92. The fourth-order valence-electron chi connectivity index (χ4n) is 2.38. The Kier molecular flexibility index (Phi) is 5.69. The van der Waals surface area contributed by atoms with Gasteiger partial charge in [0.15, 0.2) is 0 Å². The summed E-state index contributed by atoms with van der Waals surface area (Å²) in [6.07, 6.45) is 1.68. The molecule has 0 radical (unpaired) electrons. The molecule has 10 nitrogen and oxygen atoms in total. The molecule has 1 N–H and O–H groups in total. The number of imide groups is 1. The van der Waals surface area contributed by atoms with Crippen LogP contribution < -0.4 is 5.32 Å². The average Bonchev–Trinajstić information content (AvgIpc) is 3.32. The molecule has 1 atom stereocenters. The highest BCUT2D eigenvalue weighted by molar-refractivity contribution is 7.99. The third-order valence-electron chi connectivity index (χ3n) is 3.89. The molecule has 1 aliphatic heterocycles. The lowest BCUT2D eigenvalue weighted by Gasteiger charge is -2.24. The topological polar surface area (TPSA) is 131 Å². The molecule has 2 aromatic heterocycles. The number of carbonyl (C=O) groups is 3. The second kappa shape index (κ2) is 8.16. The Balaban J connectivity index is 1.51. The summed E-state index contributed by atoms with van der Waals surface area (Å²) in [7, 11) is 1.38. The molecule has 0 aliphatic carbocycles. The van der Waals surface area contributed by atoms with E-state index in [1.165, 1.54) is 13.3 Å². The first-order valence-corrected chi connectivity index (χ1v) is 9.03. The molecule has 2 aromatic rings. The van der Waals surface area contributed by atoms with Gasteiger partial charge in [0, 0.05) is 19.2 Å². The summed E-state index contributed by atoms with van der Waals surface area (Å²) in [6, 6.07) is 2.92. The van der Waals surface area contributed by atoms with Crippen molar-refractivity contribution in [2.45, 2.75) is 25.1 Å². The first kappa shape index (κ1) is 18.8. The van der Waals surface area contributed by atoms with Crippen LogP contribution in [0.4, 0.5) is 4.79 Å². The van der Waals surface area contributed by atoms with E-state index in [1.54, 1.807) is 19.1 Å². The zero-order valence-corrected chi connectivity index (χ0v) is 15.5. The molecule has 4 amide bonds. The molecule has 0 saturated heterocycles. The third-order valence-corrected chi connectivity index (χ3v) is 4.70. The summed E-state index contributed by atoms with van der Waals surface area (Å²) >= 11 is 1.09. The minimum absolute atomic E-state index is 0.0996. The van der Waals surface area contributed by atoms with Gasteiger partial charge in [0.1, 0.15) is 5.76 Å². The van der Waals surface area contributed by atoms with Crippen molar-refractivity contribution < 1.29 is 23.2 Å². The number of thioether (sulfide) groups is 1. The van der Waals surface area contributed by atoms with Gasteiger partial charge in [-0.15, -0.1) is 10.2 Å². The lowest BCUT2D eigenvalue weighted by atomic mass is 9.97. The standard InChI is InChI=1S/C16H17N5O5S/c1-9-11(14(23)21(2)15(24)18-9)6-13-19-20-16(26-13)27-8-12(22)17-7-10-4-3-5-25-10/h3-5,11H,6-8H2,1-2H3,(H,17,22). The van der Waals surface area contributed by atoms with Gasteiger partial charge in [-0.1, -0.05) is 11.8 Å². The number of amides is 4. The minimum atomic E-state index is -0.623. The number of rotatable bonds is 7. The minimum Gasteiger partial charge on any atom is -0.467 e. The van der Waals surface area contributed by atoms with E-state index in [2.05, 4.69) is 20.5 Å². The molecule has 11 heteroatoms. The molecule has 0 aromatic carbocycles. The van der Waals surface area contributed by atoms with E-state index < -0.39 is 11.9 Å². The normalized spacial score (nSPS) is 17.2. The molecule has 0 spiro atoms. The van der Waals surface area contributed by atoms with Crippen molar-refractivity contribution in [1.29, 1.82) is 0 Å². The van der Waals surface area contributed by atoms with Crippen LogP contribution in [0.5, 0.6) is 0 Å². The maximum Gasteiger partial charge on any atom is 0.349 e. The monoisotopic (exact) mass is 391 g/mol. The van der Waals surface area contributed by atoms with Gasteiger partial charge in [0.2, 0.25) is 17.7 Å². The lowest BCUT2D eigenvalue weighted by Crippen LogP contribution is -2.44. The summed E-state index contributed by atoms with van der Waals surface area (Å²) in [5.74, 6) is -0.195. The Bertz CT molecular complexity index is 876. The number of hydrogen-bond acceptors (Lipinski definition) is 8. The second-order valence-corrected chi connectivity index (χ2v) is 6.72. The Morgan fingerprint density at radius 2 is 2.19 bits per heavy atom. The second-order valence-electron chi connectivity index (χ2n) is 5.80. The fraction of sp³-hybridized carbons (Fsp3) is 0.375. The maximum absolute atomic E-state index is 12.2. The molecule has 0 fully saturated rings. The molecule has 142 valence electrons. The molecule has 1 unspecified atom stereocenters. The third kappa shape index (κ3) is 4.61. The van der Waals surface area contributed by atoms with E-state index in [0.717, 1.165) is 16.7 Å². The van der Waals surface area contributed by atoms with Gasteiger partial charge in [-0.3, -0.25) is 14.5 Å². The summed E-state index contributed by atoms with van der Waals surface area (Å²) < 4.78 is 10.6. The summed E-state index contributed by atoms with van der Waals surface area (Å²) in [5, 5.41) is 10.7. The van der Waals surface area contributed by atoms with E-state index in [-0.39, 0.29) is 35.1 Å². The Labute approximate surface area is 158 Å². The van der Waals surface area contributed by atoms with Crippen molar-refractivity contribution in [2.24, 2.45) is 10.9 Å². The van der Waals surface area contributed by atoms with Crippen LogP contribution >= 0.6 is 11.8 Å². The molecule has 27 heavy (non-hydrogen) atoms. The predicted octanol–water partition coefficient (Wildman–Crippen LogP) is 1.28. The highest BCUT2D eigenvalue weighted by Gasteiger charge is 2.34. The molecule has 1 aliphatic rings. The van der Waals surface area contributed by atoms with E-state index in [1.807, 2.05) is 0 Å². The zero-order valence-electron chi connectivity index (χ0n) is 14.7. The average molecular weight is 391 g/mol. The van der Waals surface area contributed by atoms with Gasteiger partial charge in [0.05, 0.1) is 24.5 Å². The smallest absolute Gasteiger partial charge is 0.349 e. The van der Waals surface area contributed by atoms with Crippen molar-refractivity contribution >= 4 is 35.3 Å². The number of urea groups is 1. The van der Waals surface area contributed by atoms with Crippen molar-refractivity contribution in [3.8, 4) is 0 Å². The van der Waals surface area contributed by atoms with Gasteiger partial charge < -0.3 is 14.2 Å². The first-order chi connectivity index (χ1) is 12.9. The maximum atomic E-state index is 12.2. The van der Waals surface area contributed by atoms with Crippen molar-refractivity contribution in [3.05, 3.63) is 30.0 Å². The highest BCUT2D eigenvalue weighted by Crippen LogP contribution is 2.21. The summed E-state index contributed by atoms with van der Waals surface area (Å²) in [4.78, 5) is 40.3. The summed E-state index contributed by atoms with van der Waals surface area (Å²) in [5.41, 5.74) is 0.410. The van der Waals surface area contributed by atoms with Crippen molar-refractivity contribution in [3.63, 3.8) is 0 Å². The SMILES string of the molecule is CC1=NC(=O)N(C)C(=O)C1Cc1nnc(SCC(=O)NCc2ccco2)o1. The first-order valence-electron chi connectivity index (χ1n) is 8.05. The molecular formula is C16H17N5O5S. The van der Waals surface area contributed by atoms with E-state index in [0.29, 0.717) is 18.0 Å². The highest BCUT2D eigenvalue weighted by atomic mass is 32.2. The Morgan fingerprint density at radius 1 is 1.37 bits per heavy atom. The quantitative estimate of drug-likeness (QED) is 0.699. The molecular weight excluding hydrogens is 374 g/mol. The van der Waals surface area contributed by atoms with Crippen LogP contribution in [0.25, 0.3) is 0 Å². The van der Waals surface area contributed by atoms with Crippen LogP contribution in [0.1, 0.15) is 18.6 Å². The number of nitrogens with zero attached hydrogens (tertiary/aromatic N) is 4. The van der Waals surface area contributed by atoms with Crippen LogP contribution in [-0.2, 0) is 22.6 Å². The van der Waals surface area contributed by atoms with Crippen LogP contribution in [0.2, 0.25) is 0 Å². The fourth-order valence-corrected chi connectivity index (χ4v) is 2.99. The van der Waals surface area contributed by atoms with Gasteiger partial charge in [-0.25, -0.2) is 9.79 Å². The zero-order chi connectivity index (χ0) is 19.4. The predicted molar refractivity (Wildman–Crippen MR) is 94.0 cm³/mol. The Morgan fingerprint density at radius 3 is 2.93 bits per heavy atom. The molecule has 0 saturated carbocycles. The van der Waals surface area contributed by atoms with Gasteiger partial charge in [0.25, 0.3) is 5.22 Å². The lowest BCUT2D eigenvalue weighted by molar-refractivity contribution is -0.129. The number of carbonyl (C=O) groups excluding carboxylic acids is 3. The van der Waals surface area contributed by atoms with E-state index in [9.17, 15) is 14.4 Å². The van der Waals surface area contributed by atoms with Gasteiger partial charge >= 0.3 is 6.03 Å². The largest absolute Gasteiger partial charge is 0.467 e. The van der Waals surface area contributed by atoms with E-state index >= 15 is 0 Å². The number of aromatic nitrogens is 2.